The van der Waals surface area contributed by atoms with Crippen LogP contribution in [-0.2, 0) is 0 Å². The molecule has 142 valence electrons. The van der Waals surface area contributed by atoms with Crippen LogP contribution in [0.1, 0.15) is 0 Å². The molecule has 3 aromatic heterocycles. The van der Waals surface area contributed by atoms with Crippen molar-refractivity contribution >= 4 is 33.7 Å². The molecule has 1 aliphatic rings. The Labute approximate surface area is 166 Å². The van der Waals surface area contributed by atoms with Gasteiger partial charge in [-0.2, -0.15) is 0 Å². The van der Waals surface area contributed by atoms with Crippen LogP contribution < -0.4 is 15.4 Å². The highest BCUT2D eigenvalue weighted by Crippen LogP contribution is 2.32. The van der Waals surface area contributed by atoms with Crippen molar-refractivity contribution in [3.05, 3.63) is 67.3 Å². The summed E-state index contributed by atoms with van der Waals surface area (Å²) < 4.78 is 7.66. The number of fused-ring (bicyclic) bond motifs is 3. The van der Waals surface area contributed by atoms with Gasteiger partial charge in [0.2, 0.25) is 0 Å². The van der Waals surface area contributed by atoms with E-state index in [9.17, 15) is 0 Å². The van der Waals surface area contributed by atoms with Crippen LogP contribution in [0, 0.1) is 0 Å². The minimum atomic E-state index is 0.684. The summed E-state index contributed by atoms with van der Waals surface area (Å²) in [5.41, 5.74) is 5.68. The molecule has 7 nitrogen and oxygen atoms in total. The Balaban J connectivity index is 1.43. The van der Waals surface area contributed by atoms with E-state index < -0.39 is 0 Å². The summed E-state index contributed by atoms with van der Waals surface area (Å²) in [5, 5.41) is 7.97. The second-order valence-electron chi connectivity index (χ2n) is 7.02. The Morgan fingerprint density at radius 2 is 2.10 bits per heavy atom. The van der Waals surface area contributed by atoms with Gasteiger partial charge in [-0.15, -0.1) is 0 Å². The fourth-order valence-electron chi connectivity index (χ4n) is 3.72. The SMILES string of the molecule is c1cn2cc(-c3ccc4cc[nH]c4c3)nc(Nc3ccc4c(c3)NCCO4)c2n1. The third kappa shape index (κ3) is 2.75. The van der Waals surface area contributed by atoms with Crippen molar-refractivity contribution in [2.75, 3.05) is 23.8 Å². The van der Waals surface area contributed by atoms with Crippen LogP contribution in [0.2, 0.25) is 0 Å². The maximum atomic E-state index is 5.67. The number of imidazole rings is 1. The molecular formula is C22H18N6O. The topological polar surface area (TPSA) is 79.3 Å². The fourth-order valence-corrected chi connectivity index (χ4v) is 3.72. The average Bonchev–Trinajstić information content (AvgIpc) is 3.42. The number of nitrogens with one attached hydrogen (secondary N) is 3. The summed E-state index contributed by atoms with van der Waals surface area (Å²) in [6.07, 6.45) is 7.66. The molecule has 0 unspecified atom stereocenters. The van der Waals surface area contributed by atoms with E-state index in [4.69, 9.17) is 9.72 Å². The van der Waals surface area contributed by atoms with Crippen LogP contribution in [0.15, 0.2) is 67.3 Å². The first-order valence-electron chi connectivity index (χ1n) is 9.52. The fraction of sp³-hybridized carbons (Fsp3) is 0.0909. The highest BCUT2D eigenvalue weighted by atomic mass is 16.5. The molecule has 0 fully saturated rings. The number of nitrogens with zero attached hydrogens (tertiary/aromatic N) is 3. The lowest BCUT2D eigenvalue weighted by Gasteiger charge is -2.20. The third-order valence-electron chi connectivity index (χ3n) is 5.14. The van der Waals surface area contributed by atoms with Crippen LogP contribution in [0.4, 0.5) is 17.2 Å². The van der Waals surface area contributed by atoms with Gasteiger partial charge in [0.15, 0.2) is 11.5 Å². The summed E-state index contributed by atoms with van der Waals surface area (Å²) in [7, 11) is 0. The standard InChI is InChI=1S/C22H18N6O/c1-2-15(11-17-14(1)5-6-23-17)19-13-28-9-7-25-22(28)21(27-19)26-16-3-4-20-18(12-16)24-8-10-29-20/h1-7,9,11-13,23-24H,8,10H2,(H,26,27). The first-order chi connectivity index (χ1) is 14.3. The first-order valence-corrected chi connectivity index (χ1v) is 9.52. The molecule has 29 heavy (non-hydrogen) atoms. The molecule has 7 heteroatoms. The Kier molecular flexibility index (Phi) is 3.46. The van der Waals surface area contributed by atoms with Gasteiger partial charge in [-0.1, -0.05) is 12.1 Å². The Hall–Kier alpha value is -4.00. The van der Waals surface area contributed by atoms with Gasteiger partial charge in [-0.25, -0.2) is 9.97 Å². The van der Waals surface area contributed by atoms with Crippen molar-refractivity contribution in [2.45, 2.75) is 0 Å². The largest absolute Gasteiger partial charge is 0.490 e. The summed E-state index contributed by atoms with van der Waals surface area (Å²) in [4.78, 5) is 12.6. The number of hydrogen-bond acceptors (Lipinski definition) is 5. The van der Waals surface area contributed by atoms with Crippen molar-refractivity contribution in [3.63, 3.8) is 0 Å². The predicted molar refractivity (Wildman–Crippen MR) is 114 cm³/mol. The zero-order valence-electron chi connectivity index (χ0n) is 15.5. The van der Waals surface area contributed by atoms with E-state index in [2.05, 4.69) is 44.9 Å². The number of hydrogen-bond donors (Lipinski definition) is 3. The third-order valence-corrected chi connectivity index (χ3v) is 5.14. The quantitative estimate of drug-likeness (QED) is 0.430. The van der Waals surface area contributed by atoms with E-state index in [0.29, 0.717) is 12.4 Å². The van der Waals surface area contributed by atoms with Gasteiger partial charge in [0, 0.05) is 48.1 Å². The molecule has 4 heterocycles. The predicted octanol–water partition coefficient (Wildman–Crippen LogP) is 4.43. The molecule has 1 aliphatic heterocycles. The minimum absolute atomic E-state index is 0.684. The number of aromatic amines is 1. The van der Waals surface area contributed by atoms with Crippen molar-refractivity contribution in [2.24, 2.45) is 0 Å². The molecule has 5 aromatic rings. The number of rotatable bonds is 3. The first kappa shape index (κ1) is 16.0. The molecule has 0 amide bonds. The summed E-state index contributed by atoms with van der Waals surface area (Å²) in [6.45, 7) is 1.49. The lowest BCUT2D eigenvalue weighted by Crippen LogP contribution is -2.17. The molecule has 0 atom stereocenters. The highest BCUT2D eigenvalue weighted by molar-refractivity contribution is 5.85. The van der Waals surface area contributed by atoms with E-state index in [1.54, 1.807) is 6.20 Å². The van der Waals surface area contributed by atoms with Crippen molar-refractivity contribution in [1.29, 1.82) is 0 Å². The molecule has 0 aliphatic carbocycles. The number of ether oxygens (including phenoxy) is 1. The molecule has 0 spiro atoms. The normalized spacial score (nSPS) is 13.1. The second-order valence-corrected chi connectivity index (χ2v) is 7.02. The van der Waals surface area contributed by atoms with Gasteiger partial charge in [0.1, 0.15) is 12.4 Å². The smallest absolute Gasteiger partial charge is 0.180 e. The Morgan fingerprint density at radius 3 is 3.10 bits per heavy atom. The maximum absolute atomic E-state index is 5.67. The van der Waals surface area contributed by atoms with Crippen LogP contribution in [0.5, 0.6) is 5.75 Å². The summed E-state index contributed by atoms with van der Waals surface area (Å²) in [6, 6.07) is 14.4. The Bertz CT molecular complexity index is 1350. The maximum Gasteiger partial charge on any atom is 0.180 e. The zero-order chi connectivity index (χ0) is 19.2. The molecule has 0 saturated heterocycles. The van der Waals surface area contributed by atoms with Crippen molar-refractivity contribution < 1.29 is 4.74 Å². The van der Waals surface area contributed by atoms with Gasteiger partial charge in [-0.3, -0.25) is 0 Å². The van der Waals surface area contributed by atoms with Crippen LogP contribution in [0.25, 0.3) is 27.8 Å². The molecule has 0 bridgehead atoms. The monoisotopic (exact) mass is 382 g/mol. The number of aromatic nitrogens is 4. The molecule has 2 aromatic carbocycles. The van der Waals surface area contributed by atoms with E-state index in [-0.39, 0.29) is 0 Å². The summed E-state index contributed by atoms with van der Waals surface area (Å²) >= 11 is 0. The molecule has 0 radical (unpaired) electrons. The number of H-pyrrole nitrogens is 1. The van der Waals surface area contributed by atoms with Crippen LogP contribution >= 0.6 is 0 Å². The lowest BCUT2D eigenvalue weighted by molar-refractivity contribution is 0.323. The molecule has 6 rings (SSSR count). The van der Waals surface area contributed by atoms with Gasteiger partial charge in [0.05, 0.1) is 11.4 Å². The average molecular weight is 382 g/mol. The zero-order valence-corrected chi connectivity index (χ0v) is 15.5. The minimum Gasteiger partial charge on any atom is -0.490 e. The van der Waals surface area contributed by atoms with E-state index in [1.165, 1.54) is 5.39 Å². The Morgan fingerprint density at radius 1 is 1.10 bits per heavy atom. The van der Waals surface area contributed by atoms with Gasteiger partial charge < -0.3 is 24.8 Å². The van der Waals surface area contributed by atoms with E-state index in [1.807, 2.05) is 41.2 Å². The van der Waals surface area contributed by atoms with Crippen LogP contribution in [-0.4, -0.2) is 32.5 Å². The van der Waals surface area contributed by atoms with Gasteiger partial charge in [-0.05, 0) is 35.7 Å². The van der Waals surface area contributed by atoms with Crippen LogP contribution in [0.3, 0.4) is 0 Å². The lowest BCUT2D eigenvalue weighted by atomic mass is 10.1. The molecule has 0 saturated carbocycles. The molecule has 3 N–H and O–H groups in total. The van der Waals surface area contributed by atoms with Crippen molar-refractivity contribution in [3.8, 4) is 17.0 Å². The van der Waals surface area contributed by atoms with E-state index in [0.717, 1.165) is 46.1 Å². The van der Waals surface area contributed by atoms with Gasteiger partial charge >= 0.3 is 0 Å². The number of anilines is 3. The van der Waals surface area contributed by atoms with Gasteiger partial charge in [0.25, 0.3) is 0 Å². The number of benzene rings is 2. The van der Waals surface area contributed by atoms with Crippen molar-refractivity contribution in [1.82, 2.24) is 19.4 Å². The highest BCUT2D eigenvalue weighted by Gasteiger charge is 2.13. The molecular weight excluding hydrogens is 364 g/mol. The summed E-state index contributed by atoms with van der Waals surface area (Å²) in [5.74, 6) is 1.57. The van der Waals surface area contributed by atoms with E-state index >= 15 is 0 Å². The second kappa shape index (κ2) is 6.27.